The van der Waals surface area contributed by atoms with E-state index in [1.165, 1.54) is 0 Å². The second kappa shape index (κ2) is 4.00. The summed E-state index contributed by atoms with van der Waals surface area (Å²) in [6.07, 6.45) is 4.95. The average molecular weight is 218 g/mol. The van der Waals surface area contributed by atoms with Gasteiger partial charge in [0.25, 0.3) is 0 Å². The first kappa shape index (κ1) is 10.7. The molecule has 0 saturated carbocycles. The van der Waals surface area contributed by atoms with Gasteiger partial charge in [0.1, 0.15) is 5.75 Å². The molecular weight excluding hydrogens is 204 g/mol. The molecule has 0 unspecified atom stereocenters. The van der Waals surface area contributed by atoms with Gasteiger partial charge in [-0.15, -0.1) is 0 Å². The maximum atomic E-state index is 11.4. The van der Waals surface area contributed by atoms with Crippen LogP contribution in [0.25, 0.3) is 0 Å². The quantitative estimate of drug-likeness (QED) is 0.792. The van der Waals surface area contributed by atoms with Gasteiger partial charge in [0, 0.05) is 0 Å². The summed E-state index contributed by atoms with van der Waals surface area (Å²) in [6, 6.07) is 7.31. The van der Waals surface area contributed by atoms with Gasteiger partial charge in [-0.1, -0.05) is 24.3 Å². The fourth-order valence-corrected chi connectivity index (χ4v) is 2.11. The summed E-state index contributed by atoms with van der Waals surface area (Å²) in [4.78, 5) is 11.4. The number of benzene rings is 1. The van der Waals surface area contributed by atoms with Crippen molar-refractivity contribution in [2.75, 3.05) is 7.11 Å². The first-order chi connectivity index (χ1) is 7.69. The standard InChI is InChI=1S/C13H14O3/c1-16-11-6-4-5-10(9-11)13(12(14)15)7-2-3-8-13/h2-6,9H,7-8H2,1H3,(H,14,15). The number of carboxylic acid groups (broad SMARTS) is 1. The van der Waals surface area contributed by atoms with Crippen LogP contribution in [0.2, 0.25) is 0 Å². The molecule has 1 aliphatic carbocycles. The predicted molar refractivity (Wildman–Crippen MR) is 60.7 cm³/mol. The molecule has 0 heterocycles. The number of rotatable bonds is 3. The Labute approximate surface area is 94.4 Å². The third-order valence-electron chi connectivity index (χ3n) is 3.13. The number of allylic oxidation sites excluding steroid dienone is 2. The molecule has 2 rings (SSSR count). The lowest BCUT2D eigenvalue weighted by molar-refractivity contribution is -0.143. The van der Waals surface area contributed by atoms with Gasteiger partial charge in [0.2, 0.25) is 0 Å². The molecule has 0 atom stereocenters. The molecule has 16 heavy (non-hydrogen) atoms. The molecule has 0 saturated heterocycles. The Morgan fingerprint density at radius 1 is 1.38 bits per heavy atom. The Balaban J connectivity index is 2.43. The summed E-state index contributed by atoms with van der Waals surface area (Å²) in [5.41, 5.74) is 0.0125. The fourth-order valence-electron chi connectivity index (χ4n) is 2.11. The molecule has 0 aromatic heterocycles. The fraction of sp³-hybridized carbons (Fsp3) is 0.308. The van der Waals surface area contributed by atoms with Crippen LogP contribution in [0.15, 0.2) is 36.4 Å². The molecule has 0 amide bonds. The monoisotopic (exact) mass is 218 g/mol. The molecular formula is C13H14O3. The molecule has 1 N–H and O–H groups in total. The van der Waals surface area contributed by atoms with E-state index in [9.17, 15) is 9.90 Å². The van der Waals surface area contributed by atoms with E-state index in [4.69, 9.17) is 4.74 Å². The number of carboxylic acids is 1. The zero-order chi connectivity index (χ0) is 11.6. The van der Waals surface area contributed by atoms with E-state index >= 15 is 0 Å². The summed E-state index contributed by atoms with van der Waals surface area (Å²) < 4.78 is 5.13. The van der Waals surface area contributed by atoms with E-state index in [0.29, 0.717) is 18.6 Å². The van der Waals surface area contributed by atoms with Crippen molar-refractivity contribution in [1.29, 1.82) is 0 Å². The second-order valence-electron chi connectivity index (χ2n) is 4.00. The molecule has 0 radical (unpaired) electrons. The minimum atomic E-state index is -0.797. The number of carbonyl (C=O) groups is 1. The highest BCUT2D eigenvalue weighted by Crippen LogP contribution is 2.38. The van der Waals surface area contributed by atoms with Crippen LogP contribution in [0.3, 0.4) is 0 Å². The third-order valence-corrected chi connectivity index (χ3v) is 3.13. The Morgan fingerprint density at radius 2 is 2.06 bits per heavy atom. The lowest BCUT2D eigenvalue weighted by atomic mass is 9.78. The van der Waals surface area contributed by atoms with Crippen molar-refractivity contribution in [3.8, 4) is 5.75 Å². The molecule has 1 aromatic rings. The summed E-state index contributed by atoms with van der Waals surface area (Å²) in [5, 5.41) is 9.40. The molecule has 1 aliphatic rings. The number of aliphatic carboxylic acids is 1. The van der Waals surface area contributed by atoms with E-state index in [0.717, 1.165) is 5.56 Å². The van der Waals surface area contributed by atoms with Gasteiger partial charge < -0.3 is 9.84 Å². The molecule has 3 nitrogen and oxygen atoms in total. The second-order valence-corrected chi connectivity index (χ2v) is 4.00. The Morgan fingerprint density at radius 3 is 2.62 bits per heavy atom. The van der Waals surface area contributed by atoms with Gasteiger partial charge in [-0.25, -0.2) is 0 Å². The molecule has 1 aromatic carbocycles. The molecule has 3 heteroatoms. The lowest BCUT2D eigenvalue weighted by Crippen LogP contribution is -2.32. The van der Waals surface area contributed by atoms with E-state index in [1.807, 2.05) is 30.4 Å². The number of methoxy groups -OCH3 is 1. The summed E-state index contributed by atoms with van der Waals surface area (Å²) in [6.45, 7) is 0. The molecule has 0 aliphatic heterocycles. The van der Waals surface area contributed by atoms with Gasteiger partial charge in [0.15, 0.2) is 0 Å². The normalized spacial score (nSPS) is 17.3. The van der Waals surface area contributed by atoms with Crippen molar-refractivity contribution >= 4 is 5.97 Å². The van der Waals surface area contributed by atoms with Crippen molar-refractivity contribution in [2.24, 2.45) is 0 Å². The van der Waals surface area contributed by atoms with E-state index in [2.05, 4.69) is 0 Å². The van der Waals surface area contributed by atoms with Gasteiger partial charge in [-0.05, 0) is 30.5 Å². The van der Waals surface area contributed by atoms with Crippen LogP contribution in [-0.2, 0) is 10.2 Å². The zero-order valence-corrected chi connectivity index (χ0v) is 9.14. The van der Waals surface area contributed by atoms with Crippen molar-refractivity contribution in [3.63, 3.8) is 0 Å². The third kappa shape index (κ3) is 1.58. The Kier molecular flexibility index (Phi) is 2.69. The van der Waals surface area contributed by atoms with Crippen LogP contribution in [0.4, 0.5) is 0 Å². The van der Waals surface area contributed by atoms with Gasteiger partial charge in [0.05, 0.1) is 12.5 Å². The van der Waals surface area contributed by atoms with E-state index in [-0.39, 0.29) is 0 Å². The van der Waals surface area contributed by atoms with Gasteiger partial charge in [-0.2, -0.15) is 0 Å². The number of hydrogen-bond acceptors (Lipinski definition) is 2. The molecule has 0 fully saturated rings. The van der Waals surface area contributed by atoms with Gasteiger partial charge in [-0.3, -0.25) is 4.79 Å². The summed E-state index contributed by atoms with van der Waals surface area (Å²) in [5.74, 6) is -0.0734. The maximum absolute atomic E-state index is 11.4. The Hall–Kier alpha value is -1.77. The predicted octanol–water partition coefficient (Wildman–Crippen LogP) is 2.37. The van der Waals surface area contributed by atoms with Crippen LogP contribution >= 0.6 is 0 Å². The molecule has 0 bridgehead atoms. The maximum Gasteiger partial charge on any atom is 0.314 e. The van der Waals surface area contributed by atoms with Crippen molar-refractivity contribution in [1.82, 2.24) is 0 Å². The zero-order valence-electron chi connectivity index (χ0n) is 9.14. The summed E-state index contributed by atoms with van der Waals surface area (Å²) in [7, 11) is 1.58. The van der Waals surface area contributed by atoms with Gasteiger partial charge >= 0.3 is 5.97 Å². The first-order valence-corrected chi connectivity index (χ1v) is 5.22. The van der Waals surface area contributed by atoms with Crippen LogP contribution < -0.4 is 4.74 Å². The highest BCUT2D eigenvalue weighted by molar-refractivity contribution is 5.82. The van der Waals surface area contributed by atoms with Crippen molar-refractivity contribution in [3.05, 3.63) is 42.0 Å². The van der Waals surface area contributed by atoms with Crippen LogP contribution in [-0.4, -0.2) is 18.2 Å². The summed E-state index contributed by atoms with van der Waals surface area (Å²) >= 11 is 0. The Bertz CT molecular complexity index is 427. The van der Waals surface area contributed by atoms with Crippen LogP contribution in [0.1, 0.15) is 18.4 Å². The smallest absolute Gasteiger partial charge is 0.314 e. The van der Waals surface area contributed by atoms with Crippen LogP contribution in [0.5, 0.6) is 5.75 Å². The minimum Gasteiger partial charge on any atom is -0.497 e. The van der Waals surface area contributed by atoms with Crippen molar-refractivity contribution < 1.29 is 14.6 Å². The highest BCUT2D eigenvalue weighted by Gasteiger charge is 2.40. The SMILES string of the molecule is COc1cccc(C2(C(=O)O)CC=CC2)c1. The first-order valence-electron chi connectivity index (χ1n) is 5.22. The molecule has 84 valence electrons. The lowest BCUT2D eigenvalue weighted by Gasteiger charge is -2.24. The van der Waals surface area contributed by atoms with E-state index < -0.39 is 11.4 Å². The van der Waals surface area contributed by atoms with Crippen molar-refractivity contribution in [2.45, 2.75) is 18.3 Å². The number of ether oxygens (including phenoxy) is 1. The average Bonchev–Trinajstić information content (AvgIpc) is 2.79. The number of hydrogen-bond donors (Lipinski definition) is 1. The highest BCUT2D eigenvalue weighted by atomic mass is 16.5. The largest absolute Gasteiger partial charge is 0.497 e. The molecule has 0 spiro atoms. The topological polar surface area (TPSA) is 46.5 Å². The van der Waals surface area contributed by atoms with E-state index in [1.54, 1.807) is 13.2 Å². The van der Waals surface area contributed by atoms with Crippen LogP contribution in [0, 0.1) is 0 Å². The minimum absolute atomic E-state index is 0.551.